The summed E-state index contributed by atoms with van der Waals surface area (Å²) < 4.78 is 0. The molecule has 0 atom stereocenters. The summed E-state index contributed by atoms with van der Waals surface area (Å²) in [5.41, 5.74) is 0.652. The maximum atomic E-state index is 10.9. The van der Waals surface area contributed by atoms with Gasteiger partial charge >= 0.3 is 0 Å². The summed E-state index contributed by atoms with van der Waals surface area (Å²) >= 11 is 0. The largest absolute Gasteiger partial charge is 0.395 e. The monoisotopic (exact) mass is 181 g/mol. The van der Waals surface area contributed by atoms with Crippen LogP contribution in [-0.4, -0.2) is 41.8 Å². The quantitative estimate of drug-likeness (QED) is 0.471. The van der Waals surface area contributed by atoms with E-state index in [0.717, 1.165) is 0 Å². The Morgan fingerprint density at radius 3 is 2.54 bits per heavy atom. The SMILES string of the molecule is CN(CCO)C1=CC(=O)C(=O)C=C1. The normalized spacial score (nSPS) is 16.0. The molecule has 0 saturated heterocycles. The minimum Gasteiger partial charge on any atom is -0.395 e. The Bertz CT molecular complexity index is 291. The van der Waals surface area contributed by atoms with Crippen molar-refractivity contribution in [3.63, 3.8) is 0 Å². The molecule has 1 aliphatic rings. The third-order valence-corrected chi connectivity index (χ3v) is 1.80. The van der Waals surface area contributed by atoms with Crippen molar-refractivity contribution < 1.29 is 14.7 Å². The van der Waals surface area contributed by atoms with Crippen molar-refractivity contribution in [1.29, 1.82) is 0 Å². The minimum atomic E-state index is -0.512. The number of nitrogens with zero attached hydrogens (tertiary/aromatic N) is 1. The molecule has 0 saturated carbocycles. The van der Waals surface area contributed by atoms with Crippen LogP contribution in [0.15, 0.2) is 23.9 Å². The van der Waals surface area contributed by atoms with Gasteiger partial charge in [0.1, 0.15) is 0 Å². The van der Waals surface area contributed by atoms with E-state index in [-0.39, 0.29) is 6.61 Å². The number of rotatable bonds is 3. The Morgan fingerprint density at radius 2 is 2.00 bits per heavy atom. The molecule has 1 rings (SSSR count). The number of aliphatic hydroxyl groups is 1. The lowest BCUT2D eigenvalue weighted by Gasteiger charge is -2.19. The zero-order valence-electron chi connectivity index (χ0n) is 7.36. The van der Waals surface area contributed by atoms with Crippen LogP contribution in [0.2, 0.25) is 0 Å². The average Bonchev–Trinajstić information content (AvgIpc) is 2.10. The highest BCUT2D eigenvalue weighted by Crippen LogP contribution is 2.08. The first kappa shape index (κ1) is 9.67. The number of carbonyl (C=O) groups is 2. The maximum absolute atomic E-state index is 10.9. The van der Waals surface area contributed by atoms with E-state index < -0.39 is 11.6 Å². The first-order valence-electron chi connectivity index (χ1n) is 3.95. The van der Waals surface area contributed by atoms with Crippen LogP contribution >= 0.6 is 0 Å². The van der Waals surface area contributed by atoms with Crippen molar-refractivity contribution in [2.45, 2.75) is 0 Å². The molecule has 0 radical (unpaired) electrons. The van der Waals surface area contributed by atoms with E-state index in [1.807, 2.05) is 0 Å². The summed E-state index contributed by atoms with van der Waals surface area (Å²) in [5.74, 6) is -1.01. The molecule has 0 aliphatic heterocycles. The van der Waals surface area contributed by atoms with E-state index in [1.54, 1.807) is 18.0 Å². The van der Waals surface area contributed by atoms with Gasteiger partial charge in [-0.25, -0.2) is 0 Å². The second kappa shape index (κ2) is 4.00. The molecule has 0 aromatic heterocycles. The first-order valence-corrected chi connectivity index (χ1v) is 3.95. The second-order valence-corrected chi connectivity index (χ2v) is 2.78. The predicted molar refractivity (Wildman–Crippen MR) is 47.0 cm³/mol. The summed E-state index contributed by atoms with van der Waals surface area (Å²) in [6.07, 6.45) is 4.09. The molecule has 4 heteroatoms. The van der Waals surface area contributed by atoms with Crippen LogP contribution in [-0.2, 0) is 9.59 Å². The molecule has 0 amide bonds. The van der Waals surface area contributed by atoms with Crippen molar-refractivity contribution >= 4 is 11.6 Å². The highest BCUT2D eigenvalue weighted by Gasteiger charge is 2.14. The van der Waals surface area contributed by atoms with Gasteiger partial charge in [0.05, 0.1) is 6.61 Å². The molecular formula is C9H11NO3. The maximum Gasteiger partial charge on any atom is 0.227 e. The van der Waals surface area contributed by atoms with E-state index in [1.165, 1.54) is 12.2 Å². The lowest BCUT2D eigenvalue weighted by atomic mass is 10.1. The van der Waals surface area contributed by atoms with E-state index in [9.17, 15) is 9.59 Å². The standard InChI is InChI=1S/C9H11NO3/c1-10(4-5-11)7-2-3-8(12)9(13)6-7/h2-3,6,11H,4-5H2,1H3. The first-order chi connectivity index (χ1) is 6.15. The van der Waals surface area contributed by atoms with E-state index in [2.05, 4.69) is 0 Å². The number of allylic oxidation sites excluding steroid dienone is 3. The van der Waals surface area contributed by atoms with Crippen molar-refractivity contribution in [3.05, 3.63) is 23.9 Å². The molecular weight excluding hydrogens is 170 g/mol. The van der Waals surface area contributed by atoms with Gasteiger partial charge in [-0.3, -0.25) is 9.59 Å². The van der Waals surface area contributed by atoms with Gasteiger partial charge in [0.2, 0.25) is 11.6 Å². The Labute approximate surface area is 76.2 Å². The summed E-state index contributed by atoms with van der Waals surface area (Å²) in [6, 6.07) is 0. The van der Waals surface area contributed by atoms with Crippen molar-refractivity contribution in [2.75, 3.05) is 20.2 Å². The van der Waals surface area contributed by atoms with Crippen molar-refractivity contribution in [2.24, 2.45) is 0 Å². The van der Waals surface area contributed by atoms with Crippen LogP contribution < -0.4 is 0 Å². The van der Waals surface area contributed by atoms with Gasteiger partial charge in [0.25, 0.3) is 0 Å². The van der Waals surface area contributed by atoms with Gasteiger partial charge in [-0.2, -0.15) is 0 Å². The summed E-state index contributed by atoms with van der Waals surface area (Å²) in [6.45, 7) is 0.460. The molecule has 13 heavy (non-hydrogen) atoms. The molecule has 0 aromatic rings. The fourth-order valence-corrected chi connectivity index (χ4v) is 1.01. The van der Waals surface area contributed by atoms with E-state index in [4.69, 9.17) is 5.11 Å². The zero-order chi connectivity index (χ0) is 9.84. The molecule has 4 nitrogen and oxygen atoms in total. The fourth-order valence-electron chi connectivity index (χ4n) is 1.01. The number of likely N-dealkylation sites (N-methyl/N-ethyl adjacent to an activating group) is 1. The molecule has 0 spiro atoms. The Morgan fingerprint density at radius 1 is 1.31 bits per heavy atom. The van der Waals surface area contributed by atoms with Crippen LogP contribution in [0.25, 0.3) is 0 Å². The topological polar surface area (TPSA) is 57.6 Å². The lowest BCUT2D eigenvalue weighted by Crippen LogP contribution is -2.24. The fraction of sp³-hybridized carbons (Fsp3) is 0.333. The molecule has 1 aliphatic carbocycles. The van der Waals surface area contributed by atoms with Gasteiger partial charge in [0, 0.05) is 25.4 Å². The Kier molecular flexibility index (Phi) is 2.97. The van der Waals surface area contributed by atoms with Crippen LogP contribution in [0.1, 0.15) is 0 Å². The minimum absolute atomic E-state index is 0.0177. The number of ketones is 2. The van der Waals surface area contributed by atoms with E-state index >= 15 is 0 Å². The lowest BCUT2D eigenvalue weighted by molar-refractivity contribution is -0.131. The van der Waals surface area contributed by atoms with Gasteiger partial charge in [-0.15, -0.1) is 0 Å². The number of carbonyl (C=O) groups excluding carboxylic acids is 2. The Balaban J connectivity index is 2.72. The van der Waals surface area contributed by atoms with Crippen molar-refractivity contribution in [1.82, 2.24) is 4.90 Å². The highest BCUT2D eigenvalue weighted by molar-refractivity contribution is 6.46. The second-order valence-electron chi connectivity index (χ2n) is 2.78. The van der Waals surface area contributed by atoms with Crippen LogP contribution in [0.5, 0.6) is 0 Å². The highest BCUT2D eigenvalue weighted by atomic mass is 16.3. The Hall–Kier alpha value is -1.42. The number of aliphatic hydroxyl groups excluding tert-OH is 1. The van der Waals surface area contributed by atoms with Gasteiger partial charge in [-0.05, 0) is 12.2 Å². The average molecular weight is 181 g/mol. The molecule has 0 heterocycles. The van der Waals surface area contributed by atoms with Crippen LogP contribution in [0, 0.1) is 0 Å². The molecule has 1 N–H and O–H groups in total. The van der Waals surface area contributed by atoms with Crippen LogP contribution in [0.3, 0.4) is 0 Å². The van der Waals surface area contributed by atoms with Crippen LogP contribution in [0.4, 0.5) is 0 Å². The third kappa shape index (κ3) is 2.26. The smallest absolute Gasteiger partial charge is 0.227 e. The van der Waals surface area contributed by atoms with Gasteiger partial charge < -0.3 is 10.0 Å². The molecule has 70 valence electrons. The summed E-state index contributed by atoms with van der Waals surface area (Å²) in [7, 11) is 1.75. The molecule has 0 fully saturated rings. The third-order valence-electron chi connectivity index (χ3n) is 1.80. The zero-order valence-corrected chi connectivity index (χ0v) is 7.36. The number of hydrogen-bond acceptors (Lipinski definition) is 4. The van der Waals surface area contributed by atoms with Crippen molar-refractivity contribution in [3.8, 4) is 0 Å². The molecule has 0 unspecified atom stereocenters. The van der Waals surface area contributed by atoms with E-state index in [0.29, 0.717) is 12.2 Å². The summed E-state index contributed by atoms with van der Waals surface area (Å²) in [4.78, 5) is 23.4. The molecule has 0 aromatic carbocycles. The van der Waals surface area contributed by atoms with Gasteiger partial charge in [0.15, 0.2) is 0 Å². The predicted octanol–water partition coefficient (Wildman–Crippen LogP) is -0.498. The molecule has 0 bridgehead atoms. The summed E-state index contributed by atoms with van der Waals surface area (Å²) in [5, 5.41) is 8.64. The van der Waals surface area contributed by atoms with Gasteiger partial charge in [-0.1, -0.05) is 0 Å². The number of hydrogen-bond donors (Lipinski definition) is 1.